The maximum Gasteiger partial charge on any atom is 0.303 e. The highest BCUT2D eigenvalue weighted by atomic mass is 16.7. The molecule has 0 atom stereocenters. The summed E-state index contributed by atoms with van der Waals surface area (Å²) in [5.41, 5.74) is 2.43. The van der Waals surface area contributed by atoms with Crippen LogP contribution < -0.4 is 5.48 Å². The van der Waals surface area contributed by atoms with Gasteiger partial charge >= 0.3 is 5.97 Å². The zero-order valence-corrected chi connectivity index (χ0v) is 32.1. The standard InChI is InChI=1S/C20H39NO2.C18H34O2.C2H7NO.2CH4/c1-4-5-6-7-8-9-10-11-12-13-14-15-16-17-18-19-20(22)21(2)23-3;1-2-3-4-5-6-7-8-9-10-11-12-13-14-15-16-17-18(19)20;1-3-4-2;;/h11-12H,4-10,13-19H2,1-3H3;9-10H,2-8,11-17H2,1H3,(H,19,20);3H,1-2H3;2*1H4/b12-11-;10-9-;;;. The van der Waals surface area contributed by atoms with Crippen molar-refractivity contribution < 1.29 is 24.4 Å². The Labute approximate surface area is 307 Å². The van der Waals surface area contributed by atoms with Crippen LogP contribution in [0.1, 0.15) is 208 Å². The van der Waals surface area contributed by atoms with Gasteiger partial charge in [0.05, 0.1) is 14.2 Å². The van der Waals surface area contributed by atoms with Crippen molar-refractivity contribution in [3.63, 3.8) is 0 Å². The molecule has 0 unspecified atom stereocenters. The van der Waals surface area contributed by atoms with E-state index in [0.29, 0.717) is 12.8 Å². The van der Waals surface area contributed by atoms with E-state index in [1.807, 2.05) is 0 Å². The number of nitrogens with one attached hydrogen (secondary N) is 1. The summed E-state index contributed by atoms with van der Waals surface area (Å²) in [6.45, 7) is 4.52. The minimum Gasteiger partial charge on any atom is -0.481 e. The third-order valence-electron chi connectivity index (χ3n) is 8.13. The molecule has 7 nitrogen and oxygen atoms in total. The summed E-state index contributed by atoms with van der Waals surface area (Å²) in [6.07, 6.45) is 43.2. The zero-order valence-electron chi connectivity index (χ0n) is 32.1. The Kier molecular flexibility index (Phi) is 61.4. The predicted octanol–water partition coefficient (Wildman–Crippen LogP) is 13.2. The van der Waals surface area contributed by atoms with Gasteiger partial charge in [0.1, 0.15) is 0 Å². The first-order valence-corrected chi connectivity index (χ1v) is 19.4. The summed E-state index contributed by atoms with van der Waals surface area (Å²) < 4.78 is 0. The molecule has 7 heteroatoms. The lowest BCUT2D eigenvalue weighted by atomic mass is 10.1. The normalized spacial score (nSPS) is 10.5. The number of carboxylic acids is 1. The molecule has 0 spiro atoms. The lowest BCUT2D eigenvalue weighted by Crippen LogP contribution is -2.24. The number of allylic oxidation sites excluding steroid dienone is 4. The third-order valence-corrected chi connectivity index (χ3v) is 8.13. The van der Waals surface area contributed by atoms with Gasteiger partial charge in [-0.05, 0) is 64.2 Å². The van der Waals surface area contributed by atoms with Crippen LogP contribution in [0.25, 0.3) is 0 Å². The van der Waals surface area contributed by atoms with Crippen LogP contribution in [0.5, 0.6) is 0 Å². The van der Waals surface area contributed by atoms with Gasteiger partial charge < -0.3 is 9.94 Å². The minimum absolute atomic E-state index is 0. The average Bonchev–Trinajstić information content (AvgIpc) is 3.08. The molecule has 0 bridgehead atoms. The number of hydrogen-bond donors (Lipinski definition) is 2. The molecule has 0 aromatic rings. The van der Waals surface area contributed by atoms with Gasteiger partial charge in [-0.2, -0.15) is 0 Å². The largest absolute Gasteiger partial charge is 0.481 e. The Morgan fingerprint density at radius 1 is 0.551 bits per heavy atom. The number of hydroxylamine groups is 3. The highest BCUT2D eigenvalue weighted by Crippen LogP contribution is 2.11. The molecule has 0 fully saturated rings. The van der Waals surface area contributed by atoms with E-state index in [1.165, 1.54) is 153 Å². The van der Waals surface area contributed by atoms with Gasteiger partial charge in [0.2, 0.25) is 5.91 Å². The Bertz CT molecular complexity index is 667. The van der Waals surface area contributed by atoms with Gasteiger partial charge in [0.15, 0.2) is 0 Å². The Balaban J connectivity index is -0.000000230. The van der Waals surface area contributed by atoms with E-state index >= 15 is 0 Å². The predicted molar refractivity (Wildman–Crippen MR) is 216 cm³/mol. The highest BCUT2D eigenvalue weighted by molar-refractivity contribution is 5.74. The van der Waals surface area contributed by atoms with Crippen molar-refractivity contribution in [3.05, 3.63) is 24.3 Å². The molecule has 2 N–H and O–H groups in total. The van der Waals surface area contributed by atoms with Gasteiger partial charge in [-0.3, -0.25) is 14.4 Å². The van der Waals surface area contributed by atoms with E-state index in [-0.39, 0.29) is 20.8 Å². The van der Waals surface area contributed by atoms with Crippen LogP contribution in [-0.2, 0) is 19.3 Å². The van der Waals surface area contributed by atoms with Crippen molar-refractivity contribution in [2.75, 3.05) is 28.3 Å². The molecule has 0 radical (unpaired) electrons. The van der Waals surface area contributed by atoms with Crippen LogP contribution in [0.4, 0.5) is 0 Å². The molecule has 0 heterocycles. The number of unbranched alkanes of at least 4 members (excludes halogenated alkanes) is 22. The van der Waals surface area contributed by atoms with Gasteiger partial charge in [0.25, 0.3) is 0 Å². The third kappa shape index (κ3) is 58.8. The van der Waals surface area contributed by atoms with Crippen LogP contribution in [0, 0.1) is 0 Å². The smallest absolute Gasteiger partial charge is 0.303 e. The van der Waals surface area contributed by atoms with Gasteiger partial charge in [-0.25, -0.2) is 10.5 Å². The maximum absolute atomic E-state index is 11.5. The number of carbonyl (C=O) groups is 2. The second-order valence-electron chi connectivity index (χ2n) is 12.5. The molecule has 0 aromatic heterocycles. The summed E-state index contributed by atoms with van der Waals surface area (Å²) in [4.78, 5) is 31.0. The van der Waals surface area contributed by atoms with Crippen molar-refractivity contribution in [1.29, 1.82) is 0 Å². The van der Waals surface area contributed by atoms with E-state index in [0.717, 1.165) is 25.7 Å². The molecular formula is C42H88N2O5. The topological polar surface area (TPSA) is 88.1 Å². The fraction of sp³-hybridized carbons (Fsp3) is 0.857. The molecule has 0 aliphatic carbocycles. The molecule has 0 aliphatic heterocycles. The Hall–Kier alpha value is -1.70. The summed E-state index contributed by atoms with van der Waals surface area (Å²) in [7, 11) is 6.47. The van der Waals surface area contributed by atoms with Crippen molar-refractivity contribution in [2.24, 2.45) is 0 Å². The molecular weight excluding hydrogens is 612 g/mol. The van der Waals surface area contributed by atoms with E-state index in [1.54, 1.807) is 21.2 Å². The number of amides is 1. The fourth-order valence-electron chi connectivity index (χ4n) is 4.95. The van der Waals surface area contributed by atoms with Crippen LogP contribution in [0.2, 0.25) is 0 Å². The van der Waals surface area contributed by atoms with Crippen LogP contribution >= 0.6 is 0 Å². The summed E-state index contributed by atoms with van der Waals surface area (Å²) >= 11 is 0. The molecule has 0 saturated heterocycles. The summed E-state index contributed by atoms with van der Waals surface area (Å²) in [5.74, 6) is -0.590. The molecule has 49 heavy (non-hydrogen) atoms. The van der Waals surface area contributed by atoms with Crippen molar-refractivity contribution in [1.82, 2.24) is 10.5 Å². The molecule has 0 rings (SSSR count). The first-order chi connectivity index (χ1) is 22.9. The number of aliphatic carboxylic acids is 1. The van der Waals surface area contributed by atoms with Crippen LogP contribution in [0.15, 0.2) is 24.3 Å². The molecule has 1 amide bonds. The van der Waals surface area contributed by atoms with Crippen molar-refractivity contribution >= 4 is 11.9 Å². The Morgan fingerprint density at radius 2 is 0.837 bits per heavy atom. The second kappa shape index (κ2) is 53.1. The molecule has 0 saturated carbocycles. The average molecular weight is 701 g/mol. The van der Waals surface area contributed by atoms with Crippen LogP contribution in [-0.4, -0.2) is 50.4 Å². The fourth-order valence-corrected chi connectivity index (χ4v) is 4.95. The van der Waals surface area contributed by atoms with E-state index in [2.05, 4.69) is 48.5 Å². The number of nitrogens with zero attached hydrogens (tertiary/aromatic N) is 1. The number of carboxylic acid groups (broad SMARTS) is 1. The molecule has 296 valence electrons. The van der Waals surface area contributed by atoms with E-state index in [4.69, 9.17) is 9.94 Å². The second-order valence-corrected chi connectivity index (χ2v) is 12.5. The van der Waals surface area contributed by atoms with Gasteiger partial charge in [-0.1, -0.05) is 156 Å². The summed E-state index contributed by atoms with van der Waals surface area (Å²) in [5, 5.41) is 9.82. The molecule has 0 aliphatic rings. The number of carbonyl (C=O) groups excluding carboxylic acids is 1. The number of rotatable bonds is 32. The van der Waals surface area contributed by atoms with E-state index < -0.39 is 5.97 Å². The monoisotopic (exact) mass is 701 g/mol. The quantitative estimate of drug-likeness (QED) is 0.0412. The molecule has 0 aromatic carbocycles. The van der Waals surface area contributed by atoms with Gasteiger partial charge in [0, 0.05) is 26.9 Å². The Morgan fingerprint density at radius 3 is 1.12 bits per heavy atom. The zero-order chi connectivity index (χ0) is 35.5. The van der Waals surface area contributed by atoms with Crippen LogP contribution in [0.3, 0.4) is 0 Å². The first-order valence-electron chi connectivity index (χ1n) is 19.4. The van der Waals surface area contributed by atoms with Gasteiger partial charge in [-0.15, -0.1) is 0 Å². The first kappa shape index (κ1) is 56.7. The summed E-state index contributed by atoms with van der Waals surface area (Å²) in [6, 6.07) is 0. The minimum atomic E-state index is -0.664. The van der Waals surface area contributed by atoms with E-state index in [9.17, 15) is 9.59 Å². The van der Waals surface area contributed by atoms with Crippen molar-refractivity contribution in [2.45, 2.75) is 208 Å². The number of hydrogen-bond acceptors (Lipinski definition) is 5. The lowest BCUT2D eigenvalue weighted by Gasteiger charge is -2.12. The SMILES string of the molecule is C.C.CCCCCCCC/C=C\CCCCCCCC(=O)N(C)OC.CCCCCCCC/C=C\CCCCCCCC(=O)O.CNOC. The van der Waals surface area contributed by atoms with Crippen molar-refractivity contribution in [3.8, 4) is 0 Å². The lowest BCUT2D eigenvalue weighted by molar-refractivity contribution is -0.168. The highest BCUT2D eigenvalue weighted by Gasteiger charge is 2.06. The maximum atomic E-state index is 11.5.